The van der Waals surface area contributed by atoms with Gasteiger partial charge in [-0.05, 0) is 12.1 Å². The summed E-state index contributed by atoms with van der Waals surface area (Å²) in [5, 5.41) is 0.608. The van der Waals surface area contributed by atoms with Crippen LogP contribution in [0.2, 0.25) is 0 Å². The number of nitrogens with two attached hydrogens (primary N) is 2. The molecule has 1 amide bonds. The second-order valence-electron chi connectivity index (χ2n) is 3.43. The van der Waals surface area contributed by atoms with Crippen LogP contribution in [0.1, 0.15) is 15.2 Å². The van der Waals surface area contributed by atoms with Gasteiger partial charge in [0.15, 0.2) is 5.13 Å². The van der Waals surface area contributed by atoms with Gasteiger partial charge >= 0.3 is 0 Å². The fourth-order valence-electron chi connectivity index (χ4n) is 1.39. The number of nitrogens with one attached hydrogen (secondary N) is 1. The molecule has 0 aliphatic carbocycles. The summed E-state index contributed by atoms with van der Waals surface area (Å²) in [5.74, 6) is 5.17. The maximum atomic E-state index is 11.2. The van der Waals surface area contributed by atoms with Gasteiger partial charge in [-0.1, -0.05) is 23.5 Å². The number of hydrazine groups is 1. The van der Waals surface area contributed by atoms with Crippen LogP contribution in [-0.4, -0.2) is 10.9 Å². The minimum atomic E-state index is -0.515. The Balaban J connectivity index is 2.08. The van der Waals surface area contributed by atoms with E-state index in [9.17, 15) is 4.79 Å². The number of primary amides is 1. The Bertz CT molecular complexity index is 555. The van der Waals surface area contributed by atoms with Crippen molar-refractivity contribution in [3.8, 4) is 5.75 Å². The van der Waals surface area contributed by atoms with E-state index >= 15 is 0 Å². The molecule has 0 aliphatic heterocycles. The van der Waals surface area contributed by atoms with Gasteiger partial charge in [-0.2, -0.15) is 0 Å². The average Bonchev–Trinajstić information content (AvgIpc) is 2.84. The maximum Gasteiger partial charge on any atom is 0.252 e. The Morgan fingerprint density at radius 3 is 2.89 bits per heavy atom. The summed E-state index contributed by atoms with van der Waals surface area (Å²) in [4.78, 5) is 16.1. The van der Waals surface area contributed by atoms with Gasteiger partial charge in [-0.25, -0.2) is 10.8 Å². The summed E-state index contributed by atoms with van der Waals surface area (Å²) in [6, 6.07) is 6.83. The van der Waals surface area contributed by atoms with E-state index in [0.29, 0.717) is 23.1 Å². The van der Waals surface area contributed by atoms with Crippen LogP contribution < -0.4 is 21.7 Å². The van der Waals surface area contributed by atoms with E-state index in [1.165, 1.54) is 11.3 Å². The van der Waals surface area contributed by atoms with Crippen LogP contribution in [0, 0.1) is 0 Å². The Labute approximate surface area is 108 Å². The van der Waals surface area contributed by atoms with Crippen LogP contribution in [0.4, 0.5) is 5.13 Å². The first-order chi connectivity index (χ1) is 8.70. The van der Waals surface area contributed by atoms with E-state index in [4.69, 9.17) is 16.3 Å². The number of ether oxygens (including phenoxy) is 1. The summed E-state index contributed by atoms with van der Waals surface area (Å²) in [6.45, 7) is 0.309. The number of carbonyl (C=O) groups is 1. The molecule has 0 aliphatic rings. The first-order valence-corrected chi connectivity index (χ1v) is 5.95. The lowest BCUT2D eigenvalue weighted by Gasteiger charge is -2.07. The number of nitrogens with zero attached hydrogens (tertiary/aromatic N) is 1. The SMILES string of the molecule is NNc1ncc(COc2ccccc2C(N)=O)s1. The van der Waals surface area contributed by atoms with Crippen molar-refractivity contribution < 1.29 is 9.53 Å². The highest BCUT2D eigenvalue weighted by atomic mass is 32.1. The second kappa shape index (κ2) is 5.48. The molecule has 5 N–H and O–H groups in total. The molecule has 0 fully saturated rings. The van der Waals surface area contributed by atoms with Crippen LogP contribution in [0.25, 0.3) is 0 Å². The van der Waals surface area contributed by atoms with Crippen molar-refractivity contribution in [3.05, 3.63) is 40.9 Å². The number of aromatic nitrogens is 1. The number of nitrogen functional groups attached to an aromatic ring is 1. The lowest BCUT2D eigenvalue weighted by atomic mass is 10.2. The van der Waals surface area contributed by atoms with Crippen LogP contribution in [0.15, 0.2) is 30.5 Å². The van der Waals surface area contributed by atoms with Crippen LogP contribution >= 0.6 is 11.3 Å². The number of benzene rings is 1. The number of thiazole rings is 1. The van der Waals surface area contributed by atoms with E-state index < -0.39 is 5.91 Å². The zero-order chi connectivity index (χ0) is 13.0. The van der Waals surface area contributed by atoms with Crippen molar-refractivity contribution >= 4 is 22.4 Å². The Kier molecular flexibility index (Phi) is 3.75. The molecule has 0 unspecified atom stereocenters. The third-order valence-corrected chi connectivity index (χ3v) is 3.10. The van der Waals surface area contributed by atoms with Crippen molar-refractivity contribution in [2.24, 2.45) is 11.6 Å². The fraction of sp³-hybridized carbons (Fsp3) is 0.0909. The van der Waals surface area contributed by atoms with E-state index in [1.807, 2.05) is 0 Å². The third kappa shape index (κ3) is 2.76. The number of hydrogen-bond donors (Lipinski definition) is 3. The van der Waals surface area contributed by atoms with Gasteiger partial charge in [0.05, 0.1) is 10.4 Å². The highest BCUT2D eigenvalue weighted by Crippen LogP contribution is 2.22. The summed E-state index contributed by atoms with van der Waals surface area (Å²) < 4.78 is 5.54. The minimum Gasteiger partial charge on any atom is -0.487 e. The van der Waals surface area contributed by atoms with Crippen molar-refractivity contribution in [1.29, 1.82) is 0 Å². The van der Waals surface area contributed by atoms with Crippen molar-refractivity contribution in [2.75, 3.05) is 5.43 Å². The Morgan fingerprint density at radius 1 is 1.44 bits per heavy atom. The maximum absolute atomic E-state index is 11.2. The van der Waals surface area contributed by atoms with E-state index in [1.54, 1.807) is 30.5 Å². The molecule has 1 heterocycles. The molecule has 2 rings (SSSR count). The number of anilines is 1. The second-order valence-corrected chi connectivity index (χ2v) is 4.54. The molecule has 94 valence electrons. The lowest BCUT2D eigenvalue weighted by molar-refractivity contribution is 0.0996. The predicted octanol–water partition coefficient (Wildman–Crippen LogP) is 1.11. The van der Waals surface area contributed by atoms with Gasteiger partial charge < -0.3 is 10.5 Å². The zero-order valence-electron chi connectivity index (χ0n) is 9.42. The summed E-state index contributed by atoms with van der Waals surface area (Å²) in [7, 11) is 0. The molecule has 0 spiro atoms. The van der Waals surface area contributed by atoms with E-state index in [0.717, 1.165) is 4.88 Å². The summed E-state index contributed by atoms with van der Waals surface area (Å²) >= 11 is 1.38. The monoisotopic (exact) mass is 264 g/mol. The first kappa shape index (κ1) is 12.3. The summed E-state index contributed by atoms with van der Waals surface area (Å²) in [6.07, 6.45) is 1.66. The molecule has 0 saturated carbocycles. The van der Waals surface area contributed by atoms with Gasteiger partial charge in [0.25, 0.3) is 5.91 Å². The van der Waals surface area contributed by atoms with Crippen molar-refractivity contribution in [3.63, 3.8) is 0 Å². The zero-order valence-corrected chi connectivity index (χ0v) is 10.2. The van der Waals surface area contributed by atoms with E-state index in [2.05, 4.69) is 10.4 Å². The lowest BCUT2D eigenvalue weighted by Crippen LogP contribution is -2.12. The number of carbonyl (C=O) groups excluding carboxylic acids is 1. The molecule has 18 heavy (non-hydrogen) atoms. The number of para-hydroxylation sites is 1. The number of hydrogen-bond acceptors (Lipinski definition) is 6. The van der Waals surface area contributed by atoms with Crippen LogP contribution in [0.3, 0.4) is 0 Å². The van der Waals surface area contributed by atoms with Crippen LogP contribution in [0.5, 0.6) is 5.75 Å². The number of rotatable bonds is 5. The van der Waals surface area contributed by atoms with E-state index in [-0.39, 0.29) is 0 Å². The molecule has 7 heteroatoms. The molecule has 6 nitrogen and oxygen atoms in total. The van der Waals surface area contributed by atoms with Gasteiger partial charge in [0, 0.05) is 6.20 Å². The summed E-state index contributed by atoms with van der Waals surface area (Å²) in [5.41, 5.74) is 8.07. The van der Waals surface area contributed by atoms with Gasteiger partial charge in [0.2, 0.25) is 0 Å². The molecule has 0 saturated heterocycles. The quantitative estimate of drug-likeness (QED) is 0.554. The topological polar surface area (TPSA) is 103 Å². The third-order valence-electron chi connectivity index (χ3n) is 2.20. The predicted molar refractivity (Wildman–Crippen MR) is 69.2 cm³/mol. The normalized spacial score (nSPS) is 10.1. The highest BCUT2D eigenvalue weighted by molar-refractivity contribution is 7.15. The molecule has 0 radical (unpaired) electrons. The molecule has 0 atom stereocenters. The molecule has 0 bridgehead atoms. The highest BCUT2D eigenvalue weighted by Gasteiger charge is 2.09. The molecule has 1 aromatic heterocycles. The largest absolute Gasteiger partial charge is 0.487 e. The minimum absolute atomic E-state index is 0.309. The Morgan fingerprint density at radius 2 is 2.22 bits per heavy atom. The van der Waals surface area contributed by atoms with Gasteiger partial charge in [-0.3, -0.25) is 10.2 Å². The smallest absolute Gasteiger partial charge is 0.252 e. The van der Waals surface area contributed by atoms with Gasteiger partial charge in [0.1, 0.15) is 12.4 Å². The standard InChI is InChI=1S/C11H12N4O2S/c12-10(16)8-3-1-2-4-9(8)17-6-7-5-14-11(15-13)18-7/h1-5H,6,13H2,(H2,12,16)(H,14,15). The van der Waals surface area contributed by atoms with Gasteiger partial charge in [-0.15, -0.1) is 0 Å². The molecular weight excluding hydrogens is 252 g/mol. The van der Waals surface area contributed by atoms with Crippen LogP contribution in [-0.2, 0) is 6.61 Å². The molecule has 2 aromatic rings. The molecule has 1 aromatic carbocycles. The fourth-order valence-corrected chi connectivity index (χ4v) is 2.02. The Hall–Kier alpha value is -2.12. The average molecular weight is 264 g/mol. The van der Waals surface area contributed by atoms with Crippen molar-refractivity contribution in [1.82, 2.24) is 4.98 Å². The number of amides is 1. The molecular formula is C11H12N4O2S. The first-order valence-electron chi connectivity index (χ1n) is 5.13. The van der Waals surface area contributed by atoms with Crippen molar-refractivity contribution in [2.45, 2.75) is 6.61 Å².